The molecule has 10 heteroatoms. The molecule has 3 heterocycles. The molecule has 0 saturated carbocycles. The molecule has 4 rings (SSSR count). The number of hydrogen-bond acceptors (Lipinski definition) is 6. The van der Waals surface area contributed by atoms with Crippen LogP contribution in [0.4, 0.5) is 13.2 Å². The lowest BCUT2D eigenvalue weighted by atomic mass is 9.72. The van der Waals surface area contributed by atoms with Gasteiger partial charge < -0.3 is 19.7 Å². The molecular formula is C22H21F3N2O5. The van der Waals surface area contributed by atoms with Crippen LogP contribution in [0.2, 0.25) is 0 Å². The number of aromatic hydroxyl groups is 2. The summed E-state index contributed by atoms with van der Waals surface area (Å²) in [6, 6.07) is 4.35. The van der Waals surface area contributed by atoms with Gasteiger partial charge in [-0.25, -0.2) is 0 Å². The monoisotopic (exact) mass is 450 g/mol. The topological polar surface area (TPSA) is 105 Å². The molecule has 0 spiro atoms. The zero-order valence-electron chi connectivity index (χ0n) is 17.7. The second kappa shape index (κ2) is 6.65. The van der Waals surface area contributed by atoms with E-state index in [2.05, 4.69) is 0 Å². The van der Waals surface area contributed by atoms with E-state index >= 15 is 0 Å². The van der Waals surface area contributed by atoms with Gasteiger partial charge in [-0.2, -0.15) is 18.4 Å². The van der Waals surface area contributed by atoms with E-state index in [1.54, 1.807) is 27.7 Å². The number of nitriles is 1. The Hall–Kier alpha value is -3.19. The van der Waals surface area contributed by atoms with Crippen molar-refractivity contribution in [2.24, 2.45) is 5.92 Å². The van der Waals surface area contributed by atoms with E-state index in [4.69, 9.17) is 14.7 Å². The Bertz CT molecular complexity index is 1180. The van der Waals surface area contributed by atoms with Crippen molar-refractivity contribution in [1.29, 1.82) is 5.26 Å². The number of carbonyl (C=O) groups excluding carboxylic acids is 1. The molecule has 2 unspecified atom stereocenters. The maximum absolute atomic E-state index is 13.4. The second-order valence-electron chi connectivity index (χ2n) is 8.75. The molecule has 1 saturated heterocycles. The molecule has 0 amide bonds. The predicted molar refractivity (Wildman–Crippen MR) is 104 cm³/mol. The van der Waals surface area contributed by atoms with E-state index in [0.29, 0.717) is 6.07 Å². The highest BCUT2D eigenvalue weighted by Crippen LogP contribution is 2.66. The third-order valence-corrected chi connectivity index (χ3v) is 6.17. The van der Waals surface area contributed by atoms with Gasteiger partial charge in [0.05, 0.1) is 51.6 Å². The minimum Gasteiger partial charge on any atom is -0.494 e. The summed E-state index contributed by atoms with van der Waals surface area (Å²) in [6.07, 6.45) is -5.02. The molecule has 2 aromatic rings. The van der Waals surface area contributed by atoms with E-state index in [1.807, 2.05) is 0 Å². The highest BCUT2D eigenvalue weighted by Gasteiger charge is 2.66. The number of alkyl halides is 3. The molecule has 3 atom stereocenters. The zero-order valence-corrected chi connectivity index (χ0v) is 17.7. The van der Waals surface area contributed by atoms with Gasteiger partial charge in [0, 0.05) is 0 Å². The number of ether oxygens (including phenoxy) is 2. The maximum atomic E-state index is 13.4. The fourth-order valence-corrected chi connectivity index (χ4v) is 4.93. The number of nitrogens with zero attached hydrogens (tertiary/aromatic N) is 2. The van der Waals surface area contributed by atoms with Crippen LogP contribution in [-0.2, 0) is 31.6 Å². The average Bonchev–Trinajstić information content (AvgIpc) is 3.21. The number of aromatic nitrogens is 1. The highest BCUT2D eigenvalue weighted by molar-refractivity contribution is 5.78. The van der Waals surface area contributed by atoms with Crippen molar-refractivity contribution in [3.8, 4) is 23.5 Å². The molecule has 1 aromatic carbocycles. The summed E-state index contributed by atoms with van der Waals surface area (Å²) in [5.41, 5.74) is -4.12. The Morgan fingerprint density at radius 3 is 2.47 bits per heavy atom. The molecule has 1 aromatic heterocycles. The van der Waals surface area contributed by atoms with E-state index in [0.717, 1.165) is 10.6 Å². The molecule has 2 aliphatic rings. The van der Waals surface area contributed by atoms with Crippen LogP contribution in [0.3, 0.4) is 0 Å². The predicted octanol–water partition coefficient (Wildman–Crippen LogP) is 4.21. The van der Waals surface area contributed by atoms with Gasteiger partial charge in [-0.3, -0.25) is 9.36 Å². The van der Waals surface area contributed by atoms with Gasteiger partial charge in [0.2, 0.25) is 11.8 Å². The average molecular weight is 450 g/mol. The fourth-order valence-electron chi connectivity index (χ4n) is 4.93. The summed E-state index contributed by atoms with van der Waals surface area (Å²) < 4.78 is 52.6. The standard InChI is InChI=1S/C22H21F3N2O5/c1-10(2)31-19(30)14-8-20(3)15-16(21(14,4)32-20)18(29)27(17(15)28)12-6-5-11(9-26)13(7-12)22(23,24)25/h5-7,10,14,28-29H,8H2,1-4H3/t14-,20?,21?/m0/s1. The van der Waals surface area contributed by atoms with Crippen LogP contribution in [0.5, 0.6) is 11.8 Å². The minimum atomic E-state index is -4.81. The van der Waals surface area contributed by atoms with E-state index < -0.39 is 52.2 Å². The molecule has 1 fully saturated rings. The van der Waals surface area contributed by atoms with Crippen molar-refractivity contribution >= 4 is 5.97 Å². The van der Waals surface area contributed by atoms with Crippen molar-refractivity contribution in [3.05, 3.63) is 40.5 Å². The first-order valence-corrected chi connectivity index (χ1v) is 9.94. The third-order valence-electron chi connectivity index (χ3n) is 6.17. The third kappa shape index (κ3) is 2.88. The van der Waals surface area contributed by atoms with Crippen molar-refractivity contribution in [2.75, 3.05) is 0 Å². The Kier molecular flexibility index (Phi) is 4.58. The lowest BCUT2D eigenvalue weighted by Crippen LogP contribution is -2.36. The van der Waals surface area contributed by atoms with E-state index in [1.165, 1.54) is 12.1 Å². The Labute approximate surface area is 181 Å². The molecule has 170 valence electrons. The number of rotatable bonds is 3. The molecule has 7 nitrogen and oxygen atoms in total. The summed E-state index contributed by atoms with van der Waals surface area (Å²) in [4.78, 5) is 12.7. The fraction of sp³-hybridized carbons (Fsp3) is 0.455. The van der Waals surface area contributed by atoms with Gasteiger partial charge in [0.1, 0.15) is 5.60 Å². The first-order chi connectivity index (χ1) is 14.7. The smallest absolute Gasteiger partial charge is 0.417 e. The molecule has 2 bridgehead atoms. The van der Waals surface area contributed by atoms with Gasteiger partial charge >= 0.3 is 12.1 Å². The molecule has 0 aliphatic carbocycles. The Balaban J connectivity index is 1.89. The van der Waals surface area contributed by atoms with Crippen molar-refractivity contribution in [1.82, 2.24) is 4.57 Å². The van der Waals surface area contributed by atoms with Crippen LogP contribution in [0.25, 0.3) is 5.69 Å². The van der Waals surface area contributed by atoms with Crippen LogP contribution in [0, 0.1) is 17.2 Å². The van der Waals surface area contributed by atoms with Crippen LogP contribution < -0.4 is 0 Å². The quantitative estimate of drug-likeness (QED) is 0.679. The largest absolute Gasteiger partial charge is 0.494 e. The van der Waals surface area contributed by atoms with Crippen LogP contribution in [0.1, 0.15) is 56.4 Å². The van der Waals surface area contributed by atoms with Crippen molar-refractivity contribution < 1.29 is 37.7 Å². The second-order valence-corrected chi connectivity index (χ2v) is 8.75. The summed E-state index contributed by atoms with van der Waals surface area (Å²) in [7, 11) is 0. The number of hydrogen-bond donors (Lipinski definition) is 2. The van der Waals surface area contributed by atoms with Gasteiger partial charge in [0.25, 0.3) is 0 Å². The summed E-state index contributed by atoms with van der Waals surface area (Å²) in [5, 5.41) is 31.0. The molecular weight excluding hydrogens is 429 g/mol. The van der Waals surface area contributed by atoms with Gasteiger partial charge in [-0.15, -0.1) is 0 Å². The lowest BCUT2D eigenvalue weighted by molar-refractivity contribution is -0.159. The van der Waals surface area contributed by atoms with Crippen LogP contribution >= 0.6 is 0 Å². The SMILES string of the molecule is CC(C)OC(=O)[C@@H]1CC2(C)OC1(C)c1c2c(O)n(-c2ccc(C#N)c(C(F)(F)F)c2)c1O. The zero-order chi connectivity index (χ0) is 23.8. The molecule has 32 heavy (non-hydrogen) atoms. The summed E-state index contributed by atoms with van der Waals surface area (Å²) in [6.45, 7) is 6.62. The maximum Gasteiger partial charge on any atom is 0.417 e. The first-order valence-electron chi connectivity index (χ1n) is 9.94. The van der Waals surface area contributed by atoms with E-state index in [-0.39, 0.29) is 29.3 Å². The molecule has 0 radical (unpaired) electrons. The summed E-state index contributed by atoms with van der Waals surface area (Å²) >= 11 is 0. The van der Waals surface area contributed by atoms with Gasteiger partial charge in [-0.1, -0.05) is 0 Å². The van der Waals surface area contributed by atoms with Crippen LogP contribution in [0.15, 0.2) is 18.2 Å². The summed E-state index contributed by atoms with van der Waals surface area (Å²) in [5.74, 6) is -2.34. The highest BCUT2D eigenvalue weighted by atomic mass is 19.4. The van der Waals surface area contributed by atoms with Crippen molar-refractivity contribution in [2.45, 2.75) is 57.6 Å². The van der Waals surface area contributed by atoms with Gasteiger partial charge in [0.15, 0.2) is 0 Å². The normalized spacial score (nSPS) is 26.3. The van der Waals surface area contributed by atoms with Crippen molar-refractivity contribution in [3.63, 3.8) is 0 Å². The number of fused-ring (bicyclic) bond motifs is 5. The lowest BCUT2D eigenvalue weighted by Gasteiger charge is -2.28. The minimum absolute atomic E-state index is 0.132. The molecule has 2 N–H and O–H groups in total. The Morgan fingerprint density at radius 1 is 1.28 bits per heavy atom. The van der Waals surface area contributed by atoms with Crippen LogP contribution in [-0.4, -0.2) is 26.9 Å². The van der Waals surface area contributed by atoms with E-state index in [9.17, 15) is 28.2 Å². The van der Waals surface area contributed by atoms with Gasteiger partial charge in [-0.05, 0) is 52.3 Å². The Morgan fingerprint density at radius 2 is 1.91 bits per heavy atom. The number of benzene rings is 1. The number of carbonyl (C=O) groups is 1. The number of esters is 1. The first kappa shape index (κ1) is 22.0. The number of halogens is 3. The molecule has 2 aliphatic heterocycles.